The molecule has 0 aliphatic rings. The van der Waals surface area contributed by atoms with Crippen LogP contribution in [0.4, 0.5) is 5.69 Å². The van der Waals surface area contributed by atoms with Gasteiger partial charge in [-0.3, -0.25) is 4.79 Å². The first kappa shape index (κ1) is 15.7. The lowest BCUT2D eigenvalue weighted by atomic mass is 10.1. The molecule has 0 radical (unpaired) electrons. The predicted molar refractivity (Wildman–Crippen MR) is 80.0 cm³/mol. The maximum atomic E-state index is 12.1. The largest absolute Gasteiger partial charge is 0.461 e. The molecule has 1 heterocycles. The molecule has 5 nitrogen and oxygen atoms in total. The maximum absolute atomic E-state index is 12.1. The lowest BCUT2D eigenvalue weighted by Crippen LogP contribution is -2.49. The number of anilines is 1. The smallest absolute Gasteiger partial charge is 0.285 e. The molecule has 1 unspecified atom stereocenters. The third-order valence-corrected chi connectivity index (χ3v) is 3.32. The summed E-state index contributed by atoms with van der Waals surface area (Å²) in [5, 5.41) is 13.0. The van der Waals surface area contributed by atoms with Crippen molar-refractivity contribution in [3.05, 3.63) is 47.7 Å². The van der Waals surface area contributed by atoms with Gasteiger partial charge in [0.15, 0.2) is 10.8 Å². The van der Waals surface area contributed by atoms with Crippen LogP contribution in [-0.2, 0) is 4.79 Å². The fourth-order valence-electron chi connectivity index (χ4n) is 1.50. The van der Waals surface area contributed by atoms with Gasteiger partial charge in [-0.25, -0.2) is 0 Å². The standard InChI is InChI=1S/C14H13Cl2NO4/c15-8-14(19,9-20-12-7-6-11(16)21-12)13(18)17-10-4-2-1-3-5-10/h1-7,19H,8-9H2,(H,17,18). The molecular formula is C14H13Cl2NO4. The molecule has 1 aromatic carbocycles. The summed E-state index contributed by atoms with van der Waals surface area (Å²) in [5.74, 6) is -0.905. The molecule has 0 spiro atoms. The van der Waals surface area contributed by atoms with Crippen LogP contribution in [0.1, 0.15) is 0 Å². The third-order valence-electron chi connectivity index (χ3n) is 2.68. The van der Waals surface area contributed by atoms with Crippen molar-refractivity contribution in [1.82, 2.24) is 0 Å². The Hall–Kier alpha value is -1.69. The molecule has 1 atom stereocenters. The maximum Gasteiger partial charge on any atom is 0.285 e. The van der Waals surface area contributed by atoms with E-state index in [4.69, 9.17) is 32.4 Å². The Bertz CT molecular complexity index is 602. The highest BCUT2D eigenvalue weighted by atomic mass is 35.5. The second-order valence-electron chi connectivity index (χ2n) is 4.33. The van der Waals surface area contributed by atoms with Crippen molar-refractivity contribution < 1.29 is 19.1 Å². The Balaban J connectivity index is 2.00. The van der Waals surface area contributed by atoms with E-state index in [2.05, 4.69) is 5.32 Å². The molecule has 7 heteroatoms. The van der Waals surface area contributed by atoms with Crippen molar-refractivity contribution in [2.24, 2.45) is 0 Å². The molecule has 0 bridgehead atoms. The van der Waals surface area contributed by atoms with E-state index in [0.717, 1.165) is 0 Å². The van der Waals surface area contributed by atoms with Crippen molar-refractivity contribution in [2.75, 3.05) is 17.8 Å². The zero-order chi connectivity index (χ0) is 15.3. The Morgan fingerprint density at radius 3 is 2.57 bits per heavy atom. The van der Waals surface area contributed by atoms with Crippen LogP contribution in [0, 0.1) is 0 Å². The molecule has 0 aliphatic heterocycles. The first-order valence-electron chi connectivity index (χ1n) is 6.06. The molecule has 1 aromatic heterocycles. The van der Waals surface area contributed by atoms with Gasteiger partial charge in [-0.1, -0.05) is 18.2 Å². The fourth-order valence-corrected chi connectivity index (χ4v) is 1.84. The van der Waals surface area contributed by atoms with Crippen LogP contribution in [0.3, 0.4) is 0 Å². The van der Waals surface area contributed by atoms with Crippen molar-refractivity contribution in [1.29, 1.82) is 0 Å². The number of carbonyl (C=O) groups excluding carboxylic acids is 1. The van der Waals surface area contributed by atoms with Crippen LogP contribution >= 0.6 is 23.2 Å². The Morgan fingerprint density at radius 2 is 2.00 bits per heavy atom. The van der Waals surface area contributed by atoms with Crippen LogP contribution in [-0.4, -0.2) is 29.1 Å². The summed E-state index contributed by atoms with van der Waals surface area (Å²) >= 11 is 11.3. The summed E-state index contributed by atoms with van der Waals surface area (Å²) in [5.41, 5.74) is -1.34. The summed E-state index contributed by atoms with van der Waals surface area (Å²) in [6.45, 7) is -0.362. The van der Waals surface area contributed by atoms with E-state index in [0.29, 0.717) is 5.69 Å². The first-order chi connectivity index (χ1) is 10.0. The predicted octanol–water partition coefficient (Wildman–Crippen LogP) is 2.92. The Morgan fingerprint density at radius 1 is 1.29 bits per heavy atom. The number of para-hydroxylation sites is 1. The summed E-state index contributed by atoms with van der Waals surface area (Å²) in [6, 6.07) is 11.7. The number of aliphatic hydroxyl groups is 1. The van der Waals surface area contributed by atoms with Crippen LogP contribution in [0.2, 0.25) is 5.22 Å². The average Bonchev–Trinajstić information content (AvgIpc) is 2.91. The van der Waals surface area contributed by atoms with Gasteiger partial charge < -0.3 is 19.6 Å². The number of ether oxygens (including phenoxy) is 1. The number of halogens is 2. The van der Waals surface area contributed by atoms with Gasteiger partial charge in [-0.15, -0.1) is 11.6 Å². The second-order valence-corrected chi connectivity index (χ2v) is 4.97. The van der Waals surface area contributed by atoms with E-state index in [1.807, 2.05) is 6.07 Å². The van der Waals surface area contributed by atoms with Gasteiger partial charge >= 0.3 is 0 Å². The number of hydrogen-bond donors (Lipinski definition) is 2. The molecule has 21 heavy (non-hydrogen) atoms. The molecule has 0 saturated heterocycles. The minimum atomic E-state index is -1.89. The van der Waals surface area contributed by atoms with Gasteiger partial charge in [0.05, 0.1) is 5.88 Å². The summed E-state index contributed by atoms with van der Waals surface area (Å²) in [4.78, 5) is 12.1. The van der Waals surface area contributed by atoms with Crippen LogP contribution in [0.15, 0.2) is 46.9 Å². The molecule has 1 amide bonds. The number of furan rings is 1. The molecule has 0 fully saturated rings. The first-order valence-corrected chi connectivity index (χ1v) is 6.98. The summed E-state index contributed by atoms with van der Waals surface area (Å²) in [6.07, 6.45) is 0. The quantitative estimate of drug-likeness (QED) is 0.799. The van der Waals surface area contributed by atoms with Crippen molar-refractivity contribution in [2.45, 2.75) is 5.60 Å². The van der Waals surface area contributed by atoms with Crippen molar-refractivity contribution in [3.63, 3.8) is 0 Å². The fraction of sp³-hybridized carbons (Fsp3) is 0.214. The van der Waals surface area contributed by atoms with Gasteiger partial charge in [0.1, 0.15) is 6.61 Å². The van der Waals surface area contributed by atoms with E-state index in [1.165, 1.54) is 12.1 Å². The second kappa shape index (κ2) is 6.85. The average molecular weight is 330 g/mol. The molecule has 2 aromatic rings. The van der Waals surface area contributed by atoms with E-state index in [-0.39, 0.29) is 23.7 Å². The highest BCUT2D eigenvalue weighted by Gasteiger charge is 2.36. The van der Waals surface area contributed by atoms with Gasteiger partial charge in [-0.05, 0) is 23.7 Å². The van der Waals surface area contributed by atoms with Gasteiger partial charge in [-0.2, -0.15) is 0 Å². The Labute approximate surface area is 131 Å². The zero-order valence-corrected chi connectivity index (χ0v) is 12.4. The number of benzene rings is 1. The van der Waals surface area contributed by atoms with E-state index in [1.54, 1.807) is 24.3 Å². The van der Waals surface area contributed by atoms with Crippen LogP contribution < -0.4 is 10.1 Å². The van der Waals surface area contributed by atoms with Crippen molar-refractivity contribution >= 4 is 34.8 Å². The molecule has 2 rings (SSSR count). The van der Waals surface area contributed by atoms with Crippen molar-refractivity contribution in [3.8, 4) is 5.95 Å². The number of nitrogens with one attached hydrogen (secondary N) is 1. The zero-order valence-electron chi connectivity index (χ0n) is 10.9. The van der Waals surface area contributed by atoms with E-state index >= 15 is 0 Å². The van der Waals surface area contributed by atoms with E-state index < -0.39 is 11.5 Å². The van der Waals surface area contributed by atoms with Gasteiger partial charge in [0.2, 0.25) is 0 Å². The summed E-state index contributed by atoms with van der Waals surface area (Å²) < 4.78 is 10.2. The number of alkyl halides is 1. The third kappa shape index (κ3) is 4.14. The lowest BCUT2D eigenvalue weighted by molar-refractivity contribution is -0.135. The highest BCUT2D eigenvalue weighted by molar-refractivity contribution is 6.28. The SMILES string of the molecule is O=C(Nc1ccccc1)C(O)(CCl)COc1ccc(Cl)o1. The number of amides is 1. The molecule has 2 N–H and O–H groups in total. The molecule has 0 aliphatic carbocycles. The molecule has 112 valence electrons. The normalized spacial score (nSPS) is 13.5. The highest BCUT2D eigenvalue weighted by Crippen LogP contribution is 2.22. The minimum Gasteiger partial charge on any atom is -0.461 e. The van der Waals surface area contributed by atoms with Gasteiger partial charge in [0, 0.05) is 17.8 Å². The number of hydrogen-bond acceptors (Lipinski definition) is 4. The molecular weight excluding hydrogens is 317 g/mol. The monoisotopic (exact) mass is 329 g/mol. The van der Waals surface area contributed by atoms with E-state index in [9.17, 15) is 9.90 Å². The number of carbonyl (C=O) groups is 1. The topological polar surface area (TPSA) is 71.7 Å². The summed E-state index contributed by atoms with van der Waals surface area (Å²) in [7, 11) is 0. The minimum absolute atomic E-state index is 0.0936. The lowest BCUT2D eigenvalue weighted by Gasteiger charge is -2.23. The number of rotatable bonds is 6. The van der Waals surface area contributed by atoms with Gasteiger partial charge in [0.25, 0.3) is 11.9 Å². The Kier molecular flexibility index (Phi) is 5.12. The van der Waals surface area contributed by atoms with Crippen LogP contribution in [0.25, 0.3) is 0 Å². The molecule has 0 saturated carbocycles. The van der Waals surface area contributed by atoms with Crippen LogP contribution in [0.5, 0.6) is 5.95 Å².